The molecule has 21 heavy (non-hydrogen) atoms. The predicted octanol–water partition coefficient (Wildman–Crippen LogP) is 3.04. The molecule has 1 aromatic carbocycles. The van der Waals surface area contributed by atoms with Gasteiger partial charge in [0.25, 0.3) is 0 Å². The number of alkyl halides is 6. The molecule has 2 nitrogen and oxygen atoms in total. The van der Waals surface area contributed by atoms with Gasteiger partial charge in [-0.2, -0.15) is 26.3 Å². The normalized spacial score (nSPS) is 21.5. The van der Waals surface area contributed by atoms with Gasteiger partial charge in [-0.1, -0.05) is 18.2 Å². The summed E-state index contributed by atoms with van der Waals surface area (Å²) < 4.78 is 76.5. The minimum Gasteiger partial charge on any atom is -0.314 e. The lowest BCUT2D eigenvalue weighted by Gasteiger charge is -2.37. The molecule has 1 aliphatic heterocycles. The van der Waals surface area contributed by atoms with Gasteiger partial charge in [0.2, 0.25) is 0 Å². The fourth-order valence-electron chi connectivity index (χ4n) is 2.34. The number of rotatable bonds is 2. The average molecular weight is 312 g/mol. The van der Waals surface area contributed by atoms with Gasteiger partial charge in [0, 0.05) is 26.2 Å². The van der Waals surface area contributed by atoms with Crippen molar-refractivity contribution in [2.75, 3.05) is 19.6 Å². The Morgan fingerprint density at radius 1 is 1.14 bits per heavy atom. The highest BCUT2D eigenvalue weighted by Gasteiger charge is 2.44. The van der Waals surface area contributed by atoms with Crippen molar-refractivity contribution in [2.45, 2.75) is 24.9 Å². The molecule has 2 rings (SSSR count). The summed E-state index contributed by atoms with van der Waals surface area (Å²) in [7, 11) is 0. The van der Waals surface area contributed by atoms with E-state index >= 15 is 0 Å². The third kappa shape index (κ3) is 4.10. The third-order valence-electron chi connectivity index (χ3n) is 3.37. The van der Waals surface area contributed by atoms with E-state index in [9.17, 15) is 26.3 Å². The smallest absolute Gasteiger partial charge is 0.314 e. The number of nitrogens with one attached hydrogen (secondary N) is 1. The van der Waals surface area contributed by atoms with Crippen LogP contribution in [0.25, 0.3) is 0 Å². The average Bonchev–Trinajstić information content (AvgIpc) is 2.37. The van der Waals surface area contributed by atoms with Crippen LogP contribution in [0.15, 0.2) is 24.3 Å². The predicted molar refractivity (Wildman–Crippen MR) is 64.6 cm³/mol. The monoisotopic (exact) mass is 312 g/mol. The van der Waals surface area contributed by atoms with Gasteiger partial charge in [-0.05, 0) is 11.6 Å². The van der Waals surface area contributed by atoms with Crippen LogP contribution in [0.5, 0.6) is 0 Å². The molecule has 1 atom stereocenters. The first kappa shape index (κ1) is 16.1. The van der Waals surface area contributed by atoms with Crippen LogP contribution in [0.4, 0.5) is 26.3 Å². The first-order chi connectivity index (χ1) is 9.68. The molecule has 1 unspecified atom stereocenters. The van der Waals surface area contributed by atoms with Gasteiger partial charge in [0.15, 0.2) is 0 Å². The second-order valence-corrected chi connectivity index (χ2v) is 4.93. The van der Waals surface area contributed by atoms with Crippen molar-refractivity contribution in [1.82, 2.24) is 10.2 Å². The fraction of sp³-hybridized carbons (Fsp3) is 0.538. The maximum absolute atomic E-state index is 12.9. The number of halogens is 6. The van der Waals surface area contributed by atoms with E-state index in [4.69, 9.17) is 0 Å². The number of piperazine rings is 1. The Bertz CT molecular complexity index is 482. The first-order valence-electron chi connectivity index (χ1n) is 6.35. The quantitative estimate of drug-likeness (QED) is 0.845. The molecule has 1 aliphatic rings. The largest absolute Gasteiger partial charge is 0.416 e. The molecule has 1 saturated heterocycles. The van der Waals surface area contributed by atoms with E-state index in [2.05, 4.69) is 5.32 Å². The Morgan fingerprint density at radius 2 is 1.86 bits per heavy atom. The van der Waals surface area contributed by atoms with Crippen molar-refractivity contribution in [3.05, 3.63) is 35.4 Å². The van der Waals surface area contributed by atoms with E-state index in [-0.39, 0.29) is 25.2 Å². The van der Waals surface area contributed by atoms with E-state index < -0.39 is 24.0 Å². The topological polar surface area (TPSA) is 15.3 Å². The molecule has 1 N–H and O–H groups in total. The number of hydrogen-bond donors (Lipinski definition) is 1. The third-order valence-corrected chi connectivity index (χ3v) is 3.37. The summed E-state index contributed by atoms with van der Waals surface area (Å²) in [6, 6.07) is 2.74. The molecule has 1 aromatic rings. The van der Waals surface area contributed by atoms with Crippen LogP contribution in [0.2, 0.25) is 0 Å². The molecule has 1 heterocycles. The maximum Gasteiger partial charge on any atom is 0.416 e. The highest BCUT2D eigenvalue weighted by molar-refractivity contribution is 5.25. The van der Waals surface area contributed by atoms with Gasteiger partial charge in [0.1, 0.15) is 6.04 Å². The molecule has 0 aliphatic carbocycles. The Balaban J connectivity index is 2.16. The first-order valence-corrected chi connectivity index (χ1v) is 6.35. The molecule has 1 fully saturated rings. The van der Waals surface area contributed by atoms with E-state index in [0.717, 1.165) is 17.0 Å². The Kier molecular flexibility index (Phi) is 4.48. The summed E-state index contributed by atoms with van der Waals surface area (Å²) >= 11 is 0. The second kappa shape index (κ2) is 5.84. The lowest BCUT2D eigenvalue weighted by Crippen LogP contribution is -2.57. The van der Waals surface area contributed by atoms with Crippen LogP contribution in [0, 0.1) is 0 Å². The summed E-state index contributed by atoms with van der Waals surface area (Å²) in [5.41, 5.74) is -0.625. The highest BCUT2D eigenvalue weighted by Crippen LogP contribution is 2.31. The van der Waals surface area contributed by atoms with Gasteiger partial charge in [-0.15, -0.1) is 0 Å². The summed E-state index contributed by atoms with van der Waals surface area (Å²) in [4.78, 5) is 1.16. The molecule has 8 heteroatoms. The van der Waals surface area contributed by atoms with E-state index in [1.165, 1.54) is 12.1 Å². The zero-order valence-electron chi connectivity index (χ0n) is 10.9. The van der Waals surface area contributed by atoms with Crippen LogP contribution in [0.3, 0.4) is 0 Å². The minimum absolute atomic E-state index is 0.139. The van der Waals surface area contributed by atoms with E-state index in [1.807, 2.05) is 0 Å². The molecule has 0 bridgehead atoms. The number of hydrogen-bond acceptors (Lipinski definition) is 2. The number of benzene rings is 1. The van der Waals surface area contributed by atoms with Crippen molar-refractivity contribution in [1.29, 1.82) is 0 Å². The second-order valence-electron chi connectivity index (χ2n) is 4.93. The molecule has 0 spiro atoms. The van der Waals surface area contributed by atoms with Crippen molar-refractivity contribution >= 4 is 0 Å². The number of nitrogens with zero attached hydrogens (tertiary/aromatic N) is 1. The van der Waals surface area contributed by atoms with Gasteiger partial charge < -0.3 is 5.32 Å². The van der Waals surface area contributed by atoms with Crippen LogP contribution in [-0.2, 0) is 12.7 Å². The molecule has 0 saturated carbocycles. The molecular weight excluding hydrogens is 298 g/mol. The Hall–Kier alpha value is -1.28. The van der Waals surface area contributed by atoms with Crippen LogP contribution >= 0.6 is 0 Å². The molecule has 118 valence electrons. The lowest BCUT2D eigenvalue weighted by molar-refractivity contribution is -0.188. The van der Waals surface area contributed by atoms with Gasteiger partial charge >= 0.3 is 12.4 Å². The van der Waals surface area contributed by atoms with Crippen molar-refractivity contribution in [2.24, 2.45) is 0 Å². The molecule has 0 amide bonds. The highest BCUT2D eigenvalue weighted by atomic mass is 19.4. The lowest BCUT2D eigenvalue weighted by atomic mass is 10.1. The van der Waals surface area contributed by atoms with Gasteiger partial charge in [0.05, 0.1) is 5.56 Å². The minimum atomic E-state index is -4.50. The summed E-state index contributed by atoms with van der Waals surface area (Å²) in [5.74, 6) is 0. The van der Waals surface area contributed by atoms with E-state index in [0.29, 0.717) is 6.54 Å². The molecule has 0 radical (unpaired) electrons. The van der Waals surface area contributed by atoms with Crippen LogP contribution in [0.1, 0.15) is 11.1 Å². The maximum atomic E-state index is 12.9. The van der Waals surface area contributed by atoms with Crippen LogP contribution in [-0.4, -0.2) is 36.8 Å². The standard InChI is InChI=1S/C13H14F6N2/c14-12(15,16)10-3-1-2-9(6-10)8-21-5-4-20-7-11(21)13(17,18)19/h1-3,6,11,20H,4-5,7-8H2. The Labute approximate surface area is 117 Å². The molecule has 0 aromatic heterocycles. The fourth-order valence-corrected chi connectivity index (χ4v) is 2.34. The van der Waals surface area contributed by atoms with Crippen molar-refractivity contribution in [3.63, 3.8) is 0 Å². The summed E-state index contributed by atoms with van der Waals surface area (Å²) in [6.45, 7) is 0.115. The Morgan fingerprint density at radius 3 is 2.48 bits per heavy atom. The van der Waals surface area contributed by atoms with Gasteiger partial charge in [-0.3, -0.25) is 4.90 Å². The van der Waals surface area contributed by atoms with Crippen LogP contribution < -0.4 is 5.32 Å². The summed E-state index contributed by atoms with van der Waals surface area (Å²) in [6.07, 6.45) is -8.90. The van der Waals surface area contributed by atoms with Gasteiger partial charge in [-0.25, -0.2) is 0 Å². The molecular formula is C13H14F6N2. The van der Waals surface area contributed by atoms with Crippen molar-refractivity contribution < 1.29 is 26.3 Å². The summed E-state index contributed by atoms with van der Waals surface area (Å²) in [5, 5.41) is 2.65. The SMILES string of the molecule is FC(F)(F)c1cccc(CN2CCNCC2C(F)(F)F)c1. The zero-order valence-corrected chi connectivity index (χ0v) is 10.9. The zero-order chi connectivity index (χ0) is 15.7. The van der Waals surface area contributed by atoms with Crippen molar-refractivity contribution in [3.8, 4) is 0 Å². The van der Waals surface area contributed by atoms with E-state index in [1.54, 1.807) is 0 Å².